The van der Waals surface area contributed by atoms with Crippen molar-refractivity contribution in [2.45, 2.75) is 44.1 Å². The molecule has 0 aliphatic heterocycles. The Hall–Kier alpha value is -1.77. The van der Waals surface area contributed by atoms with E-state index in [1.165, 1.54) is 6.92 Å². The Kier molecular flexibility index (Phi) is 5.68. The predicted octanol–water partition coefficient (Wildman–Crippen LogP) is 4.02. The highest BCUT2D eigenvalue weighted by atomic mass is 19.4. The van der Waals surface area contributed by atoms with Gasteiger partial charge < -0.3 is 10.8 Å². The molecule has 1 aromatic rings. The van der Waals surface area contributed by atoms with Gasteiger partial charge in [0, 0.05) is 0 Å². The second-order valence-electron chi connectivity index (χ2n) is 5.12. The summed E-state index contributed by atoms with van der Waals surface area (Å²) >= 11 is 0. The van der Waals surface area contributed by atoms with E-state index in [1.54, 1.807) is 0 Å². The number of hydrogen-bond donors (Lipinski definition) is 2. The number of hydrogen-bond acceptors (Lipinski definition) is 2. The summed E-state index contributed by atoms with van der Waals surface area (Å²) < 4.78 is 76.8. The molecule has 1 rings (SSSR count). The first-order valence-corrected chi connectivity index (χ1v) is 6.64. The van der Waals surface area contributed by atoms with Crippen LogP contribution in [0.25, 0.3) is 0 Å². The molecule has 0 bridgehead atoms. The van der Waals surface area contributed by atoms with Crippen molar-refractivity contribution in [2.75, 3.05) is 0 Å². The van der Waals surface area contributed by atoms with E-state index in [0.717, 1.165) is 0 Å². The molecule has 0 spiro atoms. The van der Waals surface area contributed by atoms with Crippen molar-refractivity contribution in [3.05, 3.63) is 34.9 Å². The lowest BCUT2D eigenvalue weighted by molar-refractivity contribution is -0.143. The van der Waals surface area contributed by atoms with Crippen LogP contribution in [0.15, 0.2) is 18.2 Å². The standard InChI is InChI=1S/C14H15F6NO2/c1-2-7(5-11(21)12(22)23)8-3-9(13(15,16)17)6-10(4-8)14(18,19)20/h3-4,6-7,11H,2,5,21H2,1H3,(H,22,23). The number of nitrogens with two attached hydrogens (primary N) is 1. The van der Waals surface area contributed by atoms with E-state index in [9.17, 15) is 31.1 Å². The number of carbonyl (C=O) groups is 1. The first kappa shape index (κ1) is 19.3. The molecule has 0 aliphatic carbocycles. The minimum absolute atomic E-state index is 0.0351. The number of carboxylic acid groups (broad SMARTS) is 1. The van der Waals surface area contributed by atoms with Crippen molar-refractivity contribution in [1.82, 2.24) is 0 Å². The third kappa shape index (κ3) is 5.12. The highest BCUT2D eigenvalue weighted by Gasteiger charge is 2.37. The molecule has 2 unspecified atom stereocenters. The molecule has 0 saturated heterocycles. The third-order valence-electron chi connectivity index (χ3n) is 3.43. The van der Waals surface area contributed by atoms with Crippen molar-refractivity contribution >= 4 is 5.97 Å². The maximum Gasteiger partial charge on any atom is 0.416 e. The van der Waals surface area contributed by atoms with E-state index in [1.807, 2.05) is 0 Å². The lowest BCUT2D eigenvalue weighted by atomic mass is 9.88. The topological polar surface area (TPSA) is 63.3 Å². The number of rotatable bonds is 5. The molecule has 1 aromatic carbocycles. The Balaban J connectivity index is 3.35. The summed E-state index contributed by atoms with van der Waals surface area (Å²) in [6, 6.07) is -0.118. The molecule has 0 fully saturated rings. The van der Waals surface area contributed by atoms with Crippen LogP contribution in [0.3, 0.4) is 0 Å². The average molecular weight is 343 g/mol. The van der Waals surface area contributed by atoms with Crippen molar-refractivity contribution in [2.24, 2.45) is 5.73 Å². The Morgan fingerprint density at radius 3 is 1.83 bits per heavy atom. The number of benzene rings is 1. The number of halogens is 6. The summed E-state index contributed by atoms with van der Waals surface area (Å²) in [6.07, 6.45) is -9.99. The van der Waals surface area contributed by atoms with Gasteiger partial charge in [0.25, 0.3) is 0 Å². The first-order valence-electron chi connectivity index (χ1n) is 6.64. The molecule has 0 amide bonds. The fraction of sp³-hybridized carbons (Fsp3) is 0.500. The lowest BCUT2D eigenvalue weighted by Gasteiger charge is -2.21. The summed E-state index contributed by atoms with van der Waals surface area (Å²) in [4.78, 5) is 10.7. The van der Waals surface area contributed by atoms with Crippen molar-refractivity contribution < 1.29 is 36.2 Å². The van der Waals surface area contributed by atoms with Gasteiger partial charge in [0.1, 0.15) is 6.04 Å². The van der Waals surface area contributed by atoms with Crippen LogP contribution in [0, 0.1) is 0 Å². The Morgan fingerprint density at radius 2 is 1.52 bits per heavy atom. The smallest absolute Gasteiger partial charge is 0.416 e. The molecule has 3 N–H and O–H groups in total. The molecule has 2 atom stereocenters. The van der Waals surface area contributed by atoms with Crippen molar-refractivity contribution in [1.29, 1.82) is 0 Å². The summed E-state index contributed by atoms with van der Waals surface area (Å²) in [5, 5.41) is 8.76. The molecular formula is C14H15F6NO2. The molecule has 3 nitrogen and oxygen atoms in total. The van der Waals surface area contributed by atoms with Gasteiger partial charge in [-0.3, -0.25) is 4.79 Å². The summed E-state index contributed by atoms with van der Waals surface area (Å²) in [6.45, 7) is 1.53. The van der Waals surface area contributed by atoms with Crippen molar-refractivity contribution in [3.8, 4) is 0 Å². The minimum Gasteiger partial charge on any atom is -0.480 e. The predicted molar refractivity (Wildman–Crippen MR) is 69.7 cm³/mol. The molecule has 0 saturated carbocycles. The minimum atomic E-state index is -4.94. The zero-order chi connectivity index (χ0) is 18.0. The molecule has 0 heterocycles. The highest BCUT2D eigenvalue weighted by Crippen LogP contribution is 2.38. The van der Waals surface area contributed by atoms with Gasteiger partial charge in [-0.15, -0.1) is 0 Å². The van der Waals surface area contributed by atoms with Gasteiger partial charge in [-0.05, 0) is 42.5 Å². The molecule has 0 radical (unpaired) electrons. The van der Waals surface area contributed by atoms with E-state index >= 15 is 0 Å². The van der Waals surface area contributed by atoms with Crippen LogP contribution in [0.1, 0.15) is 42.4 Å². The second-order valence-corrected chi connectivity index (χ2v) is 5.12. The number of carboxylic acids is 1. The fourth-order valence-corrected chi connectivity index (χ4v) is 2.16. The van der Waals surface area contributed by atoms with Crippen molar-refractivity contribution in [3.63, 3.8) is 0 Å². The van der Waals surface area contributed by atoms with Gasteiger partial charge in [0.2, 0.25) is 0 Å². The summed E-state index contributed by atoms with van der Waals surface area (Å²) in [5.74, 6) is -2.20. The van der Waals surface area contributed by atoms with Gasteiger partial charge >= 0.3 is 18.3 Å². The molecule has 9 heteroatoms. The maximum absolute atomic E-state index is 12.8. The lowest BCUT2D eigenvalue weighted by Crippen LogP contribution is -2.31. The molecular weight excluding hydrogens is 328 g/mol. The zero-order valence-electron chi connectivity index (χ0n) is 12.0. The molecule has 0 aliphatic rings. The highest BCUT2D eigenvalue weighted by molar-refractivity contribution is 5.73. The van der Waals surface area contributed by atoms with Crippen LogP contribution in [-0.4, -0.2) is 17.1 Å². The average Bonchev–Trinajstić information content (AvgIpc) is 2.41. The molecule has 130 valence electrons. The zero-order valence-corrected chi connectivity index (χ0v) is 12.0. The van der Waals surface area contributed by atoms with Gasteiger partial charge in [-0.25, -0.2) is 0 Å². The number of aliphatic carboxylic acids is 1. The Bertz CT molecular complexity index is 535. The van der Waals surface area contributed by atoms with Crippen LogP contribution >= 0.6 is 0 Å². The Labute approximate surface area is 128 Å². The van der Waals surface area contributed by atoms with Gasteiger partial charge in [0.05, 0.1) is 11.1 Å². The largest absolute Gasteiger partial charge is 0.480 e. The molecule has 0 aromatic heterocycles. The SMILES string of the molecule is CCC(CC(N)C(=O)O)c1cc(C(F)(F)F)cc(C(F)(F)F)c1. The fourth-order valence-electron chi connectivity index (χ4n) is 2.16. The van der Waals surface area contributed by atoms with E-state index in [4.69, 9.17) is 10.8 Å². The van der Waals surface area contributed by atoms with Crippen LogP contribution in [0.2, 0.25) is 0 Å². The van der Waals surface area contributed by atoms with Crippen LogP contribution in [-0.2, 0) is 17.1 Å². The quantitative estimate of drug-likeness (QED) is 0.794. The van der Waals surface area contributed by atoms with E-state index < -0.39 is 41.4 Å². The van der Waals surface area contributed by atoms with E-state index in [-0.39, 0.29) is 24.5 Å². The van der Waals surface area contributed by atoms with Gasteiger partial charge in [-0.1, -0.05) is 6.92 Å². The summed E-state index contributed by atoms with van der Waals surface area (Å²) in [7, 11) is 0. The monoisotopic (exact) mass is 343 g/mol. The summed E-state index contributed by atoms with van der Waals surface area (Å²) in [5.41, 5.74) is 2.25. The van der Waals surface area contributed by atoms with E-state index in [2.05, 4.69) is 0 Å². The Morgan fingerprint density at radius 1 is 1.09 bits per heavy atom. The van der Waals surface area contributed by atoms with Crippen LogP contribution in [0.4, 0.5) is 26.3 Å². The third-order valence-corrected chi connectivity index (χ3v) is 3.43. The second kappa shape index (κ2) is 6.77. The number of alkyl halides is 6. The van der Waals surface area contributed by atoms with Crippen LogP contribution < -0.4 is 5.73 Å². The first-order chi connectivity index (χ1) is 10.4. The van der Waals surface area contributed by atoms with Gasteiger partial charge in [0.15, 0.2) is 0 Å². The maximum atomic E-state index is 12.8. The molecule has 23 heavy (non-hydrogen) atoms. The van der Waals surface area contributed by atoms with Crippen LogP contribution in [0.5, 0.6) is 0 Å². The van der Waals surface area contributed by atoms with Gasteiger partial charge in [-0.2, -0.15) is 26.3 Å². The van der Waals surface area contributed by atoms with E-state index in [0.29, 0.717) is 12.1 Å². The normalized spacial score (nSPS) is 15.3.